The maximum absolute atomic E-state index is 4.74. The molecule has 0 aromatic carbocycles. The molecule has 1 aromatic heterocycles. The van der Waals surface area contributed by atoms with Gasteiger partial charge in [0.05, 0.1) is 5.69 Å². The van der Waals surface area contributed by atoms with E-state index < -0.39 is 0 Å². The molecule has 3 nitrogen and oxygen atoms in total. The van der Waals surface area contributed by atoms with Crippen molar-refractivity contribution >= 4 is 11.3 Å². The van der Waals surface area contributed by atoms with E-state index in [1.54, 1.807) is 11.3 Å². The second-order valence-corrected chi connectivity index (χ2v) is 7.96. The number of hydrogen-bond donors (Lipinski definition) is 1. The monoisotopic (exact) mass is 295 g/mol. The van der Waals surface area contributed by atoms with Gasteiger partial charge < -0.3 is 10.2 Å². The zero-order valence-corrected chi connectivity index (χ0v) is 14.2. The lowest BCUT2D eigenvalue weighted by atomic mass is 9.93. The van der Waals surface area contributed by atoms with Crippen LogP contribution in [0.15, 0.2) is 5.38 Å². The fourth-order valence-electron chi connectivity index (χ4n) is 2.59. The molecule has 0 saturated carbocycles. The van der Waals surface area contributed by atoms with E-state index >= 15 is 0 Å². The molecule has 20 heavy (non-hydrogen) atoms. The molecule has 2 rings (SSSR count). The van der Waals surface area contributed by atoms with Crippen LogP contribution in [0, 0.1) is 0 Å². The van der Waals surface area contributed by atoms with Crippen LogP contribution in [0.4, 0.5) is 0 Å². The maximum Gasteiger partial charge on any atom is 0.107 e. The largest absolute Gasteiger partial charge is 0.307 e. The van der Waals surface area contributed by atoms with Crippen molar-refractivity contribution in [2.45, 2.75) is 65.0 Å². The molecule has 114 valence electrons. The fraction of sp³-hybridized carbons (Fsp3) is 0.812. The Morgan fingerprint density at radius 2 is 2.00 bits per heavy atom. The van der Waals surface area contributed by atoms with Crippen LogP contribution in [0.3, 0.4) is 0 Å². The van der Waals surface area contributed by atoms with Crippen LogP contribution in [0.2, 0.25) is 0 Å². The van der Waals surface area contributed by atoms with Gasteiger partial charge in [0.15, 0.2) is 0 Å². The summed E-state index contributed by atoms with van der Waals surface area (Å²) >= 11 is 1.78. The summed E-state index contributed by atoms with van der Waals surface area (Å²) in [7, 11) is 0. The molecular formula is C16H29N3S. The highest BCUT2D eigenvalue weighted by Gasteiger charge is 2.18. The van der Waals surface area contributed by atoms with Crippen molar-refractivity contribution in [2.24, 2.45) is 0 Å². The molecule has 1 atom stereocenters. The fourth-order valence-corrected chi connectivity index (χ4v) is 3.56. The Morgan fingerprint density at radius 1 is 1.30 bits per heavy atom. The third-order valence-electron chi connectivity index (χ3n) is 3.90. The molecule has 1 fully saturated rings. The number of nitrogens with one attached hydrogen (secondary N) is 1. The van der Waals surface area contributed by atoms with E-state index in [0.717, 1.165) is 13.1 Å². The van der Waals surface area contributed by atoms with Crippen LogP contribution in [0.25, 0.3) is 0 Å². The van der Waals surface area contributed by atoms with Crippen molar-refractivity contribution in [1.29, 1.82) is 0 Å². The molecule has 1 unspecified atom stereocenters. The van der Waals surface area contributed by atoms with Crippen molar-refractivity contribution in [2.75, 3.05) is 19.6 Å². The molecule has 2 heterocycles. The maximum atomic E-state index is 4.74. The lowest BCUT2D eigenvalue weighted by molar-refractivity contribution is 0.209. The Hall–Kier alpha value is -0.450. The van der Waals surface area contributed by atoms with Crippen molar-refractivity contribution in [3.63, 3.8) is 0 Å². The lowest BCUT2D eigenvalue weighted by Crippen LogP contribution is -2.41. The molecule has 0 bridgehead atoms. The highest BCUT2D eigenvalue weighted by atomic mass is 32.1. The first-order valence-electron chi connectivity index (χ1n) is 7.86. The summed E-state index contributed by atoms with van der Waals surface area (Å²) in [5, 5.41) is 7.03. The quantitative estimate of drug-likeness (QED) is 0.902. The second-order valence-electron chi connectivity index (χ2n) is 7.02. The number of aromatic nitrogens is 1. The van der Waals surface area contributed by atoms with Gasteiger partial charge in [0, 0.05) is 29.9 Å². The Bertz CT molecular complexity index is 402. The Balaban J connectivity index is 1.75. The van der Waals surface area contributed by atoms with Gasteiger partial charge in [0.1, 0.15) is 5.01 Å². The van der Waals surface area contributed by atoms with Gasteiger partial charge in [-0.15, -0.1) is 11.3 Å². The van der Waals surface area contributed by atoms with Gasteiger partial charge in [0.25, 0.3) is 0 Å². The molecule has 1 N–H and O–H groups in total. The second kappa shape index (κ2) is 7.01. The van der Waals surface area contributed by atoms with Gasteiger partial charge in [-0.3, -0.25) is 0 Å². The van der Waals surface area contributed by atoms with Crippen molar-refractivity contribution in [3.05, 3.63) is 16.1 Å². The van der Waals surface area contributed by atoms with E-state index in [9.17, 15) is 0 Å². The van der Waals surface area contributed by atoms with Crippen molar-refractivity contribution < 1.29 is 0 Å². The zero-order chi connectivity index (χ0) is 14.6. The minimum absolute atomic E-state index is 0.161. The minimum Gasteiger partial charge on any atom is -0.307 e. The van der Waals surface area contributed by atoms with Gasteiger partial charge in [-0.05, 0) is 32.9 Å². The highest BCUT2D eigenvalue weighted by molar-refractivity contribution is 7.09. The molecular weight excluding hydrogens is 266 g/mol. The number of nitrogens with zero attached hydrogens (tertiary/aromatic N) is 2. The normalized spacial score (nSPS) is 19.2. The first kappa shape index (κ1) is 15.9. The van der Waals surface area contributed by atoms with Crippen LogP contribution in [0.5, 0.6) is 0 Å². The number of likely N-dealkylation sites (tertiary alicyclic amines) is 1. The first-order chi connectivity index (χ1) is 9.45. The van der Waals surface area contributed by atoms with Crippen molar-refractivity contribution in [1.82, 2.24) is 15.2 Å². The average Bonchev–Trinajstić information content (AvgIpc) is 2.86. The number of thiazole rings is 1. The Morgan fingerprint density at radius 3 is 2.60 bits per heavy atom. The Labute approximate surface area is 127 Å². The molecule has 0 aliphatic carbocycles. The van der Waals surface area contributed by atoms with Crippen molar-refractivity contribution in [3.8, 4) is 0 Å². The minimum atomic E-state index is 0.161. The smallest absolute Gasteiger partial charge is 0.107 e. The summed E-state index contributed by atoms with van der Waals surface area (Å²) in [4.78, 5) is 7.33. The van der Waals surface area contributed by atoms with Crippen LogP contribution < -0.4 is 5.32 Å². The number of hydrogen-bond acceptors (Lipinski definition) is 4. The predicted octanol–water partition coefficient (Wildman–Crippen LogP) is 3.40. The highest BCUT2D eigenvalue weighted by Crippen LogP contribution is 2.23. The van der Waals surface area contributed by atoms with Gasteiger partial charge in [-0.2, -0.15) is 0 Å². The van der Waals surface area contributed by atoms with Gasteiger partial charge in [0.2, 0.25) is 0 Å². The van der Waals surface area contributed by atoms with Crippen LogP contribution >= 0.6 is 11.3 Å². The summed E-state index contributed by atoms with van der Waals surface area (Å²) in [5.41, 5.74) is 1.37. The third kappa shape index (κ3) is 4.83. The molecule has 1 aliphatic heterocycles. The summed E-state index contributed by atoms with van der Waals surface area (Å²) in [6.45, 7) is 13.6. The van der Waals surface area contributed by atoms with Gasteiger partial charge in [-0.1, -0.05) is 27.2 Å². The first-order valence-corrected chi connectivity index (χ1v) is 8.74. The van der Waals surface area contributed by atoms with E-state index in [1.165, 1.54) is 43.1 Å². The van der Waals surface area contributed by atoms with E-state index in [-0.39, 0.29) is 5.41 Å². The van der Waals surface area contributed by atoms with Crippen LogP contribution in [-0.4, -0.2) is 35.6 Å². The van der Waals surface area contributed by atoms with Gasteiger partial charge >= 0.3 is 0 Å². The summed E-state index contributed by atoms with van der Waals surface area (Å²) in [6.07, 6.45) is 4.15. The van der Waals surface area contributed by atoms with Gasteiger partial charge in [-0.25, -0.2) is 4.98 Å². The van der Waals surface area contributed by atoms with Crippen LogP contribution in [-0.2, 0) is 12.0 Å². The topological polar surface area (TPSA) is 28.2 Å². The zero-order valence-electron chi connectivity index (χ0n) is 13.4. The molecule has 1 saturated heterocycles. The molecule has 1 aliphatic rings. The molecule has 0 spiro atoms. The average molecular weight is 295 g/mol. The lowest BCUT2D eigenvalue weighted by Gasteiger charge is -2.29. The molecule has 1 aromatic rings. The van der Waals surface area contributed by atoms with E-state index in [4.69, 9.17) is 4.98 Å². The summed E-state index contributed by atoms with van der Waals surface area (Å²) in [5.74, 6) is 0. The Kier molecular flexibility index (Phi) is 5.58. The number of rotatable bonds is 5. The van der Waals surface area contributed by atoms with E-state index in [0.29, 0.717) is 6.04 Å². The molecule has 4 heteroatoms. The van der Waals surface area contributed by atoms with E-state index in [2.05, 4.69) is 43.3 Å². The summed E-state index contributed by atoms with van der Waals surface area (Å²) < 4.78 is 0. The van der Waals surface area contributed by atoms with E-state index in [1.807, 2.05) is 0 Å². The SMILES string of the molecule is CC(CN1CCCCC1)NCc1nc(C(C)(C)C)cs1. The standard InChI is InChI=1S/C16H29N3S/c1-13(11-19-8-6-5-7-9-19)17-10-15-18-14(12-20-15)16(2,3)4/h12-13,17H,5-11H2,1-4H3. The molecule has 0 amide bonds. The number of piperidine rings is 1. The summed E-state index contributed by atoms with van der Waals surface area (Å²) in [6, 6.07) is 0.537. The predicted molar refractivity (Wildman–Crippen MR) is 87.4 cm³/mol. The molecule has 0 radical (unpaired) electrons. The van der Waals surface area contributed by atoms with Crippen LogP contribution in [0.1, 0.15) is 57.7 Å². The third-order valence-corrected chi connectivity index (χ3v) is 4.75.